The van der Waals surface area contributed by atoms with Gasteiger partial charge in [-0.1, -0.05) is 0 Å². The molecule has 24 heavy (non-hydrogen) atoms. The first kappa shape index (κ1) is 17.8. The summed E-state index contributed by atoms with van der Waals surface area (Å²) in [6.45, 7) is 1.53. The molecule has 0 heterocycles. The summed E-state index contributed by atoms with van der Waals surface area (Å²) in [7, 11) is 0.936. The first-order valence-electron chi connectivity index (χ1n) is 7.30. The van der Waals surface area contributed by atoms with Crippen LogP contribution in [0.5, 0.6) is 5.75 Å². The van der Waals surface area contributed by atoms with Crippen molar-refractivity contribution >= 4 is 11.8 Å². The second kappa shape index (κ2) is 7.37. The minimum Gasteiger partial charge on any atom is -0.491 e. The van der Waals surface area contributed by atoms with E-state index in [9.17, 15) is 22.8 Å². The van der Waals surface area contributed by atoms with Gasteiger partial charge >= 0.3 is 5.97 Å². The van der Waals surface area contributed by atoms with Gasteiger partial charge in [-0.2, -0.15) is 4.39 Å². The van der Waals surface area contributed by atoms with Crippen LogP contribution in [-0.4, -0.2) is 31.5 Å². The summed E-state index contributed by atoms with van der Waals surface area (Å²) < 4.78 is 50.5. The fourth-order valence-corrected chi connectivity index (χ4v) is 1.95. The Bertz CT molecular complexity index is 699. The largest absolute Gasteiger partial charge is 0.491 e. The average Bonchev–Trinajstić information content (AvgIpc) is 3.36. The number of esters is 1. The number of Topliss-reactive ketones (excluding diaryl/α,β-unsaturated/α-hetero) is 1. The van der Waals surface area contributed by atoms with Crippen LogP contribution in [0.3, 0.4) is 0 Å². The topological polar surface area (TPSA) is 64.6 Å². The molecule has 1 aromatic rings. The Hall–Kier alpha value is -2.51. The van der Waals surface area contributed by atoms with Crippen LogP contribution in [0.15, 0.2) is 17.8 Å². The first-order valence-corrected chi connectivity index (χ1v) is 7.30. The average molecular weight is 343 g/mol. The standard InChI is InChI=1S/C16H16F3NO4/c1-3-24-16(22)10(7-20-8-4-5-8)14(21)9-6-11(17)13(19)15(23-2)12(9)18/h6-8,20H,3-5H2,1-2H3/b10-7-. The summed E-state index contributed by atoms with van der Waals surface area (Å²) in [5.74, 6) is -7.55. The highest BCUT2D eigenvalue weighted by Gasteiger charge is 2.30. The maximum absolute atomic E-state index is 14.2. The minimum absolute atomic E-state index is 0.00351. The summed E-state index contributed by atoms with van der Waals surface area (Å²) >= 11 is 0. The Morgan fingerprint density at radius 3 is 2.50 bits per heavy atom. The highest BCUT2D eigenvalue weighted by molar-refractivity contribution is 6.24. The quantitative estimate of drug-likeness (QED) is 0.206. The molecule has 0 bridgehead atoms. The van der Waals surface area contributed by atoms with E-state index in [-0.39, 0.29) is 12.6 Å². The number of carbonyl (C=O) groups excluding carboxylic acids is 2. The lowest BCUT2D eigenvalue weighted by atomic mass is 10.0. The van der Waals surface area contributed by atoms with Gasteiger partial charge in [0, 0.05) is 12.2 Å². The molecule has 130 valence electrons. The van der Waals surface area contributed by atoms with Gasteiger partial charge in [-0.25, -0.2) is 13.6 Å². The number of ether oxygens (including phenoxy) is 2. The number of nitrogens with one attached hydrogen (secondary N) is 1. The van der Waals surface area contributed by atoms with Crippen molar-refractivity contribution < 1.29 is 32.2 Å². The van der Waals surface area contributed by atoms with E-state index in [1.165, 1.54) is 6.92 Å². The van der Waals surface area contributed by atoms with Crippen molar-refractivity contribution in [2.24, 2.45) is 0 Å². The molecule has 0 spiro atoms. The third-order valence-corrected chi connectivity index (χ3v) is 3.35. The van der Waals surface area contributed by atoms with Gasteiger partial charge in [-0.05, 0) is 25.8 Å². The molecule has 0 aromatic heterocycles. The third-order valence-electron chi connectivity index (χ3n) is 3.35. The molecule has 0 amide bonds. The normalized spacial score (nSPS) is 14.3. The molecule has 1 aliphatic rings. The lowest BCUT2D eigenvalue weighted by Crippen LogP contribution is -2.21. The second-order valence-corrected chi connectivity index (χ2v) is 5.12. The fourth-order valence-electron chi connectivity index (χ4n) is 1.95. The molecule has 5 nitrogen and oxygen atoms in total. The number of hydrogen-bond acceptors (Lipinski definition) is 5. The van der Waals surface area contributed by atoms with Crippen LogP contribution in [0.4, 0.5) is 13.2 Å². The second-order valence-electron chi connectivity index (χ2n) is 5.12. The number of methoxy groups -OCH3 is 1. The lowest BCUT2D eigenvalue weighted by molar-refractivity contribution is -0.138. The summed E-state index contributed by atoms with van der Waals surface area (Å²) in [4.78, 5) is 24.4. The lowest BCUT2D eigenvalue weighted by Gasteiger charge is -2.11. The molecular formula is C16H16F3NO4. The van der Waals surface area contributed by atoms with Crippen molar-refractivity contribution in [3.8, 4) is 5.75 Å². The van der Waals surface area contributed by atoms with Crippen molar-refractivity contribution in [2.75, 3.05) is 13.7 Å². The zero-order valence-corrected chi connectivity index (χ0v) is 13.1. The van der Waals surface area contributed by atoms with E-state index in [2.05, 4.69) is 10.1 Å². The van der Waals surface area contributed by atoms with Gasteiger partial charge in [-0.15, -0.1) is 0 Å². The summed E-state index contributed by atoms with van der Waals surface area (Å²) in [6, 6.07) is 0.506. The highest BCUT2D eigenvalue weighted by Crippen LogP contribution is 2.28. The van der Waals surface area contributed by atoms with Gasteiger partial charge in [0.2, 0.25) is 11.6 Å². The molecule has 1 aliphatic carbocycles. The predicted molar refractivity (Wildman–Crippen MR) is 78.1 cm³/mol. The van der Waals surface area contributed by atoms with Gasteiger partial charge < -0.3 is 14.8 Å². The number of benzene rings is 1. The Balaban J connectivity index is 2.43. The van der Waals surface area contributed by atoms with E-state index >= 15 is 0 Å². The Morgan fingerprint density at radius 2 is 1.96 bits per heavy atom. The predicted octanol–water partition coefficient (Wildman–Crippen LogP) is 2.49. The SMILES string of the molecule is CCOC(=O)/C(=C\NC1CC1)C(=O)c1cc(F)c(F)c(OC)c1F. The Kier molecular flexibility index (Phi) is 5.48. The molecule has 2 rings (SSSR count). The van der Waals surface area contributed by atoms with Crippen LogP contribution in [0.25, 0.3) is 0 Å². The molecule has 0 saturated heterocycles. The van der Waals surface area contributed by atoms with Crippen LogP contribution in [0.2, 0.25) is 0 Å². The van der Waals surface area contributed by atoms with Crippen LogP contribution in [-0.2, 0) is 9.53 Å². The summed E-state index contributed by atoms with van der Waals surface area (Å²) in [6.07, 6.45) is 2.85. The number of hydrogen-bond donors (Lipinski definition) is 1. The van der Waals surface area contributed by atoms with Crippen LogP contribution in [0, 0.1) is 17.5 Å². The summed E-state index contributed by atoms with van der Waals surface area (Å²) in [5, 5.41) is 2.82. The first-order chi connectivity index (χ1) is 11.4. The molecule has 1 N–H and O–H groups in total. The van der Waals surface area contributed by atoms with Gasteiger partial charge in [0.1, 0.15) is 5.57 Å². The molecule has 0 aliphatic heterocycles. The van der Waals surface area contributed by atoms with Gasteiger partial charge in [-0.3, -0.25) is 4.79 Å². The number of halogens is 3. The van der Waals surface area contributed by atoms with E-state index < -0.39 is 46.1 Å². The number of rotatable bonds is 7. The van der Waals surface area contributed by atoms with Crippen molar-refractivity contribution in [3.63, 3.8) is 0 Å². The molecule has 1 fully saturated rings. The molecular weight excluding hydrogens is 327 g/mol. The van der Waals surface area contributed by atoms with E-state index in [0.717, 1.165) is 26.2 Å². The number of ketones is 1. The Labute approximate surface area is 136 Å². The molecule has 8 heteroatoms. The molecule has 0 unspecified atom stereocenters. The monoisotopic (exact) mass is 343 g/mol. The fraction of sp³-hybridized carbons (Fsp3) is 0.375. The highest BCUT2D eigenvalue weighted by atomic mass is 19.2. The van der Waals surface area contributed by atoms with Crippen LogP contribution >= 0.6 is 0 Å². The molecule has 1 aromatic carbocycles. The van der Waals surface area contributed by atoms with Crippen molar-refractivity contribution in [1.29, 1.82) is 0 Å². The maximum Gasteiger partial charge on any atom is 0.343 e. The maximum atomic E-state index is 14.2. The van der Waals surface area contributed by atoms with Crippen molar-refractivity contribution in [1.82, 2.24) is 5.32 Å². The van der Waals surface area contributed by atoms with Gasteiger partial charge in [0.15, 0.2) is 17.4 Å². The zero-order valence-electron chi connectivity index (χ0n) is 13.1. The van der Waals surface area contributed by atoms with E-state index in [4.69, 9.17) is 4.74 Å². The van der Waals surface area contributed by atoms with E-state index in [1.807, 2.05) is 0 Å². The Morgan fingerprint density at radius 1 is 1.29 bits per heavy atom. The van der Waals surface area contributed by atoms with Crippen molar-refractivity contribution in [3.05, 3.63) is 40.9 Å². The van der Waals surface area contributed by atoms with Crippen LogP contribution < -0.4 is 10.1 Å². The third kappa shape index (κ3) is 3.69. The van der Waals surface area contributed by atoms with Crippen LogP contribution in [0.1, 0.15) is 30.1 Å². The van der Waals surface area contributed by atoms with Crippen molar-refractivity contribution in [2.45, 2.75) is 25.8 Å². The smallest absolute Gasteiger partial charge is 0.343 e. The zero-order chi connectivity index (χ0) is 17.9. The minimum atomic E-state index is -1.55. The molecule has 0 radical (unpaired) electrons. The molecule has 0 atom stereocenters. The van der Waals surface area contributed by atoms with E-state index in [0.29, 0.717) is 6.07 Å². The number of carbonyl (C=O) groups is 2. The molecule has 1 saturated carbocycles. The van der Waals surface area contributed by atoms with E-state index in [1.54, 1.807) is 0 Å². The van der Waals surface area contributed by atoms with Gasteiger partial charge in [0.25, 0.3) is 0 Å². The van der Waals surface area contributed by atoms with Gasteiger partial charge in [0.05, 0.1) is 19.3 Å². The summed E-state index contributed by atoms with van der Waals surface area (Å²) in [5.41, 5.74) is -1.32.